The zero-order valence-electron chi connectivity index (χ0n) is 12.9. The second kappa shape index (κ2) is 6.52. The van der Waals surface area contributed by atoms with E-state index in [2.05, 4.69) is 10.6 Å². The summed E-state index contributed by atoms with van der Waals surface area (Å²) in [6.45, 7) is 2.03. The zero-order chi connectivity index (χ0) is 16.2. The number of rotatable bonds is 4. The average Bonchev–Trinajstić information content (AvgIpc) is 2.52. The number of amides is 2. The molecule has 5 nitrogen and oxygen atoms in total. The molecule has 5 heteroatoms. The number of nitrogens with one attached hydrogen (secondary N) is 2. The summed E-state index contributed by atoms with van der Waals surface area (Å²) >= 11 is 0. The molecule has 1 heterocycles. The van der Waals surface area contributed by atoms with E-state index in [4.69, 9.17) is 4.74 Å². The summed E-state index contributed by atoms with van der Waals surface area (Å²) in [6, 6.07) is 13.3. The lowest BCUT2D eigenvalue weighted by Crippen LogP contribution is -2.25. The molecule has 0 radical (unpaired) electrons. The molecule has 0 saturated carbocycles. The summed E-state index contributed by atoms with van der Waals surface area (Å²) in [5.74, 6) is 0.470. The van der Waals surface area contributed by atoms with Gasteiger partial charge in [-0.3, -0.25) is 9.59 Å². The fourth-order valence-electron chi connectivity index (χ4n) is 2.49. The minimum Gasteiger partial charge on any atom is -0.482 e. The Kier molecular flexibility index (Phi) is 4.28. The summed E-state index contributed by atoms with van der Waals surface area (Å²) in [6.07, 6.45) is 0.975. The molecule has 2 amide bonds. The molecule has 2 aromatic rings. The molecule has 0 saturated heterocycles. The van der Waals surface area contributed by atoms with Crippen LogP contribution in [-0.2, 0) is 16.0 Å². The van der Waals surface area contributed by atoms with Crippen molar-refractivity contribution < 1.29 is 14.3 Å². The molecule has 0 unspecified atom stereocenters. The van der Waals surface area contributed by atoms with Crippen LogP contribution in [0.5, 0.6) is 5.75 Å². The minimum atomic E-state index is -0.160. The Morgan fingerprint density at radius 3 is 2.96 bits per heavy atom. The number of fused-ring (bicyclic) bond motifs is 1. The van der Waals surface area contributed by atoms with Gasteiger partial charge in [0.2, 0.25) is 5.91 Å². The van der Waals surface area contributed by atoms with Crippen molar-refractivity contribution in [3.63, 3.8) is 0 Å². The topological polar surface area (TPSA) is 67.4 Å². The standard InChI is InChI=1S/C18H18N2O3/c1-12-3-2-4-14(9-12)19-17(21)8-6-13-5-7-16-15(10-13)20-18(22)11-23-16/h2-5,7,9-10H,6,8,11H2,1H3,(H,19,21)(H,20,22). The van der Waals surface area contributed by atoms with E-state index in [-0.39, 0.29) is 18.4 Å². The second-order valence-corrected chi connectivity index (χ2v) is 5.59. The van der Waals surface area contributed by atoms with Crippen LogP contribution in [-0.4, -0.2) is 18.4 Å². The molecule has 0 atom stereocenters. The van der Waals surface area contributed by atoms with E-state index in [1.54, 1.807) is 0 Å². The molecule has 0 aromatic heterocycles. The van der Waals surface area contributed by atoms with E-state index in [1.165, 1.54) is 0 Å². The van der Waals surface area contributed by atoms with Crippen molar-refractivity contribution in [3.05, 3.63) is 53.6 Å². The predicted molar refractivity (Wildman–Crippen MR) is 88.7 cm³/mol. The fourth-order valence-corrected chi connectivity index (χ4v) is 2.49. The van der Waals surface area contributed by atoms with Crippen LogP contribution in [0.15, 0.2) is 42.5 Å². The normalized spacial score (nSPS) is 12.8. The van der Waals surface area contributed by atoms with Gasteiger partial charge in [0.15, 0.2) is 6.61 Å². The fraction of sp³-hybridized carbons (Fsp3) is 0.222. The van der Waals surface area contributed by atoms with Gasteiger partial charge in [0.05, 0.1) is 5.69 Å². The van der Waals surface area contributed by atoms with Gasteiger partial charge in [-0.15, -0.1) is 0 Å². The minimum absolute atomic E-state index is 0.0337. The molecular formula is C18H18N2O3. The van der Waals surface area contributed by atoms with E-state index in [0.29, 0.717) is 24.3 Å². The molecule has 1 aliphatic rings. The van der Waals surface area contributed by atoms with Gasteiger partial charge in [-0.1, -0.05) is 18.2 Å². The summed E-state index contributed by atoms with van der Waals surface area (Å²) < 4.78 is 5.32. The number of benzene rings is 2. The monoisotopic (exact) mass is 310 g/mol. The van der Waals surface area contributed by atoms with E-state index < -0.39 is 0 Å². The maximum absolute atomic E-state index is 12.0. The Balaban J connectivity index is 1.59. The molecule has 1 aliphatic heterocycles. The van der Waals surface area contributed by atoms with Crippen molar-refractivity contribution in [2.24, 2.45) is 0 Å². The Hall–Kier alpha value is -2.82. The van der Waals surface area contributed by atoms with Crippen LogP contribution in [0, 0.1) is 6.92 Å². The first-order valence-corrected chi connectivity index (χ1v) is 7.52. The largest absolute Gasteiger partial charge is 0.482 e. The van der Waals surface area contributed by atoms with Gasteiger partial charge in [0.25, 0.3) is 5.91 Å². The van der Waals surface area contributed by atoms with Crippen molar-refractivity contribution in [1.29, 1.82) is 0 Å². The van der Waals surface area contributed by atoms with Crippen LogP contribution < -0.4 is 15.4 Å². The van der Waals surface area contributed by atoms with Crippen LogP contribution in [0.2, 0.25) is 0 Å². The second-order valence-electron chi connectivity index (χ2n) is 5.59. The number of ether oxygens (including phenoxy) is 1. The summed E-state index contributed by atoms with van der Waals surface area (Å²) in [7, 11) is 0. The SMILES string of the molecule is Cc1cccc(NC(=O)CCc2ccc3c(c2)NC(=O)CO3)c1. The summed E-state index contributed by atoms with van der Waals surface area (Å²) in [5, 5.41) is 5.66. The van der Waals surface area contributed by atoms with E-state index in [9.17, 15) is 9.59 Å². The predicted octanol–water partition coefficient (Wildman–Crippen LogP) is 2.90. The Morgan fingerprint density at radius 2 is 2.13 bits per heavy atom. The first-order chi connectivity index (χ1) is 11.1. The van der Waals surface area contributed by atoms with Gasteiger partial charge >= 0.3 is 0 Å². The molecule has 2 aromatic carbocycles. The smallest absolute Gasteiger partial charge is 0.262 e. The lowest BCUT2D eigenvalue weighted by molar-refractivity contribution is -0.118. The molecule has 2 N–H and O–H groups in total. The van der Waals surface area contributed by atoms with E-state index in [1.807, 2.05) is 49.4 Å². The summed E-state index contributed by atoms with van der Waals surface area (Å²) in [4.78, 5) is 23.4. The number of carbonyl (C=O) groups excluding carboxylic acids is 2. The number of hydrogen-bond donors (Lipinski definition) is 2. The van der Waals surface area contributed by atoms with Crippen molar-refractivity contribution in [2.45, 2.75) is 19.8 Å². The highest BCUT2D eigenvalue weighted by Gasteiger charge is 2.16. The first-order valence-electron chi connectivity index (χ1n) is 7.52. The molecule has 0 spiro atoms. The molecule has 0 aliphatic carbocycles. The lowest BCUT2D eigenvalue weighted by Gasteiger charge is -2.18. The summed E-state index contributed by atoms with van der Waals surface area (Å²) in [5.41, 5.74) is 3.56. The molecule has 3 rings (SSSR count). The lowest BCUT2D eigenvalue weighted by atomic mass is 10.1. The van der Waals surface area contributed by atoms with Crippen molar-refractivity contribution >= 4 is 23.2 Å². The average molecular weight is 310 g/mol. The molecule has 23 heavy (non-hydrogen) atoms. The number of hydrogen-bond acceptors (Lipinski definition) is 3. The number of aryl methyl sites for hydroxylation is 2. The third-order valence-electron chi connectivity index (χ3n) is 3.62. The Labute approximate surface area is 134 Å². The Morgan fingerprint density at radius 1 is 1.26 bits per heavy atom. The molecule has 0 bridgehead atoms. The van der Waals surface area contributed by atoms with Crippen LogP contribution in [0.4, 0.5) is 11.4 Å². The molecular weight excluding hydrogens is 292 g/mol. The van der Waals surface area contributed by atoms with Crippen LogP contribution in [0.3, 0.4) is 0 Å². The van der Waals surface area contributed by atoms with E-state index in [0.717, 1.165) is 16.8 Å². The van der Waals surface area contributed by atoms with Crippen molar-refractivity contribution in [3.8, 4) is 5.75 Å². The Bertz CT molecular complexity index is 756. The van der Waals surface area contributed by atoms with Crippen molar-refractivity contribution in [1.82, 2.24) is 0 Å². The number of carbonyl (C=O) groups is 2. The highest BCUT2D eigenvalue weighted by atomic mass is 16.5. The molecule has 118 valence electrons. The van der Waals surface area contributed by atoms with Crippen LogP contribution in [0.1, 0.15) is 17.5 Å². The zero-order valence-corrected chi connectivity index (χ0v) is 12.9. The highest BCUT2D eigenvalue weighted by Crippen LogP contribution is 2.28. The third-order valence-corrected chi connectivity index (χ3v) is 3.62. The maximum Gasteiger partial charge on any atom is 0.262 e. The van der Waals surface area contributed by atoms with Crippen LogP contribution in [0.25, 0.3) is 0 Å². The van der Waals surface area contributed by atoms with Gasteiger partial charge in [0.1, 0.15) is 5.75 Å². The van der Waals surface area contributed by atoms with Gasteiger partial charge in [-0.05, 0) is 48.7 Å². The highest BCUT2D eigenvalue weighted by molar-refractivity contribution is 5.95. The van der Waals surface area contributed by atoms with Gasteiger partial charge in [-0.2, -0.15) is 0 Å². The van der Waals surface area contributed by atoms with Crippen LogP contribution >= 0.6 is 0 Å². The van der Waals surface area contributed by atoms with E-state index >= 15 is 0 Å². The van der Waals surface area contributed by atoms with Gasteiger partial charge in [0, 0.05) is 12.1 Å². The quantitative estimate of drug-likeness (QED) is 0.912. The third kappa shape index (κ3) is 3.88. The molecule has 0 fully saturated rings. The van der Waals surface area contributed by atoms with Gasteiger partial charge in [-0.25, -0.2) is 0 Å². The van der Waals surface area contributed by atoms with Gasteiger partial charge < -0.3 is 15.4 Å². The first kappa shape index (κ1) is 15.1. The maximum atomic E-state index is 12.0. The number of anilines is 2. The van der Waals surface area contributed by atoms with Crippen molar-refractivity contribution in [2.75, 3.05) is 17.2 Å².